The fourth-order valence-electron chi connectivity index (χ4n) is 4.33. The third-order valence-corrected chi connectivity index (χ3v) is 7.73. The van der Waals surface area contributed by atoms with Gasteiger partial charge >= 0.3 is 0 Å². The molecule has 16 heteroatoms. The van der Waals surface area contributed by atoms with Gasteiger partial charge in [-0.05, 0) is 31.9 Å². The van der Waals surface area contributed by atoms with E-state index in [9.17, 15) is 14.4 Å². The van der Waals surface area contributed by atoms with Crippen molar-refractivity contribution in [1.82, 2.24) is 25.4 Å². The van der Waals surface area contributed by atoms with Crippen LogP contribution in [0.25, 0.3) is 10.6 Å². The molecule has 12 nitrogen and oxygen atoms in total. The van der Waals surface area contributed by atoms with E-state index in [2.05, 4.69) is 31.1 Å². The molecule has 2 aromatic heterocycles. The number of methoxy groups -OCH3 is 1. The highest BCUT2D eigenvalue weighted by atomic mass is 32.1. The summed E-state index contributed by atoms with van der Waals surface area (Å²) < 4.78 is 11.1. The van der Waals surface area contributed by atoms with Crippen LogP contribution in [0.4, 0.5) is 17.2 Å². The van der Waals surface area contributed by atoms with Crippen molar-refractivity contribution < 1.29 is 23.9 Å². The van der Waals surface area contributed by atoms with Crippen LogP contribution in [-0.2, 0) is 9.53 Å². The van der Waals surface area contributed by atoms with Crippen LogP contribution in [0.15, 0.2) is 24.3 Å². The Morgan fingerprint density at radius 3 is 2.52 bits per heavy atom. The Labute approximate surface area is 250 Å². The maximum Gasteiger partial charge on any atom is 0.272 e. The Kier molecular flexibility index (Phi) is 8.55. The highest BCUT2D eigenvalue weighted by molar-refractivity contribution is 7.17. The van der Waals surface area contributed by atoms with Crippen LogP contribution in [0.3, 0.4) is 0 Å². The first-order valence-corrected chi connectivity index (χ1v) is 14.0. The number of carbonyl (C=O) groups excluding carboxylic acids is 3. The lowest BCUT2D eigenvalue weighted by Crippen LogP contribution is -2.50. The molecule has 1 saturated carbocycles. The van der Waals surface area contributed by atoms with Crippen molar-refractivity contribution in [3.05, 3.63) is 40.5 Å². The molecular weight excluding hydrogens is 555 g/mol. The molecule has 0 unspecified atom stereocenters. The zero-order chi connectivity index (χ0) is 30.0. The Bertz CT molecular complexity index is 1520. The molecule has 210 valence electrons. The minimum Gasteiger partial charge on any atom is -0.494 e. The van der Waals surface area contributed by atoms with Crippen molar-refractivity contribution in [3.63, 3.8) is 0 Å². The number of morpholine rings is 1. The highest BCUT2D eigenvalue weighted by Gasteiger charge is 2.30. The molecule has 5 rings (SSSR count). The van der Waals surface area contributed by atoms with Gasteiger partial charge < -0.3 is 30.3 Å². The lowest BCUT2D eigenvalue weighted by atomic mass is 9.49. The van der Waals surface area contributed by atoms with Crippen LogP contribution in [-0.4, -0.2) is 100.0 Å². The molecule has 1 saturated heterocycles. The zero-order valence-electron chi connectivity index (χ0n) is 23.1. The fourth-order valence-corrected chi connectivity index (χ4v) is 5.39. The Balaban J connectivity index is 1.48. The van der Waals surface area contributed by atoms with E-state index in [0.29, 0.717) is 58.9 Å². The monoisotopic (exact) mass is 581 g/mol. The molecule has 6 radical (unpaired) electrons. The first-order chi connectivity index (χ1) is 20.0. The summed E-state index contributed by atoms with van der Waals surface area (Å²) in [5.74, 6) is -0.607. The first kappa shape index (κ1) is 29.6. The summed E-state index contributed by atoms with van der Waals surface area (Å²) in [6, 6.07) is 6.78. The van der Waals surface area contributed by atoms with Crippen LogP contribution in [0.2, 0.25) is 0 Å². The van der Waals surface area contributed by atoms with E-state index in [1.165, 1.54) is 24.5 Å². The molecule has 0 bridgehead atoms. The molecule has 1 aromatic carbocycles. The predicted molar refractivity (Wildman–Crippen MR) is 160 cm³/mol. The Morgan fingerprint density at radius 2 is 1.86 bits per heavy atom. The van der Waals surface area contributed by atoms with Crippen LogP contribution in [0.1, 0.15) is 38.7 Å². The highest BCUT2D eigenvalue weighted by Crippen LogP contribution is 2.41. The van der Waals surface area contributed by atoms with Crippen molar-refractivity contribution in [1.29, 1.82) is 0 Å². The van der Waals surface area contributed by atoms with Crippen molar-refractivity contribution >= 4 is 69.8 Å². The number of carbonyl (C=O) groups is 3. The number of nitrogens with zero attached hydrogens (tertiary/aromatic N) is 4. The number of aromatic nitrogens is 3. The van der Waals surface area contributed by atoms with Gasteiger partial charge in [-0.2, -0.15) is 0 Å². The van der Waals surface area contributed by atoms with E-state index in [0.717, 1.165) is 12.8 Å². The topological polar surface area (TPSA) is 148 Å². The number of rotatable bonds is 9. The molecule has 3 amide bonds. The van der Waals surface area contributed by atoms with E-state index in [1.807, 2.05) is 6.07 Å². The van der Waals surface area contributed by atoms with Gasteiger partial charge in [0.05, 0.1) is 66.5 Å². The van der Waals surface area contributed by atoms with E-state index in [4.69, 9.17) is 33.0 Å². The maximum atomic E-state index is 13.2. The van der Waals surface area contributed by atoms with Gasteiger partial charge in [0.2, 0.25) is 5.91 Å². The number of benzene rings is 1. The van der Waals surface area contributed by atoms with Gasteiger partial charge in [-0.25, -0.2) is 4.98 Å². The third kappa shape index (κ3) is 6.76. The van der Waals surface area contributed by atoms with Crippen LogP contribution >= 0.6 is 11.3 Å². The number of hydrogen-bond donors (Lipinski definition) is 3. The number of thiazole rings is 1. The Hall–Kier alpha value is -3.91. The van der Waals surface area contributed by atoms with Gasteiger partial charge in [0, 0.05) is 25.1 Å². The fraction of sp³-hybridized carbons (Fsp3) is 0.385. The molecule has 1 aliphatic heterocycles. The molecule has 3 N–H and O–H groups in total. The van der Waals surface area contributed by atoms with E-state index in [1.54, 1.807) is 24.0 Å². The SMILES string of the molecule is [B]C([B])([B])NC(=O)c1nnc(NC(=O)C2CC2)cc1Nc1cccc(-c2nc(C)c(C(=O)N3CCOCC3)s2)c1OC. The molecular formula is C26H26B3N7O5S. The minimum absolute atomic E-state index is 0.0722. The first-order valence-electron chi connectivity index (χ1n) is 13.2. The number of nitrogens with one attached hydrogen (secondary N) is 3. The summed E-state index contributed by atoms with van der Waals surface area (Å²) >= 11 is 1.26. The lowest BCUT2D eigenvalue weighted by Gasteiger charge is -2.26. The second-order valence-corrected chi connectivity index (χ2v) is 11.0. The summed E-state index contributed by atoms with van der Waals surface area (Å²) in [5.41, 5.74) is 1.67. The molecule has 2 aliphatic rings. The number of hydrogen-bond acceptors (Lipinski definition) is 10. The molecule has 0 spiro atoms. The van der Waals surface area contributed by atoms with Gasteiger partial charge in [0.25, 0.3) is 11.8 Å². The second kappa shape index (κ2) is 12.1. The van der Waals surface area contributed by atoms with Gasteiger partial charge in [0.15, 0.2) is 17.3 Å². The van der Waals surface area contributed by atoms with Gasteiger partial charge in [-0.15, -0.1) is 21.5 Å². The molecule has 0 atom stereocenters. The van der Waals surface area contributed by atoms with Gasteiger partial charge in [-0.1, -0.05) is 11.3 Å². The number of para-hydroxylation sites is 1. The largest absolute Gasteiger partial charge is 0.494 e. The number of anilines is 3. The van der Waals surface area contributed by atoms with E-state index in [-0.39, 0.29) is 34.9 Å². The predicted octanol–water partition coefficient (Wildman–Crippen LogP) is 1.33. The summed E-state index contributed by atoms with van der Waals surface area (Å²) in [6.45, 7) is 3.83. The van der Waals surface area contributed by atoms with Crippen molar-refractivity contribution in [2.24, 2.45) is 5.92 Å². The molecule has 3 aromatic rings. The van der Waals surface area contributed by atoms with Gasteiger partial charge in [-0.3, -0.25) is 14.4 Å². The van der Waals surface area contributed by atoms with Crippen molar-refractivity contribution in [2.45, 2.75) is 25.0 Å². The molecule has 3 heterocycles. The summed E-state index contributed by atoms with van der Waals surface area (Å²) in [5, 5.41) is 14.6. The van der Waals surface area contributed by atoms with Crippen LogP contribution in [0, 0.1) is 12.8 Å². The van der Waals surface area contributed by atoms with E-state index >= 15 is 0 Å². The average molecular weight is 581 g/mol. The normalized spacial score (nSPS) is 15.1. The number of ether oxygens (including phenoxy) is 2. The second-order valence-electron chi connectivity index (χ2n) is 9.99. The maximum absolute atomic E-state index is 13.2. The van der Waals surface area contributed by atoms with Crippen molar-refractivity contribution in [3.8, 4) is 16.3 Å². The summed E-state index contributed by atoms with van der Waals surface area (Å²) in [6.07, 6.45) is 1.60. The zero-order valence-corrected chi connectivity index (χ0v) is 23.9. The standard InChI is InChI=1S/C26H26B3N7O5S/c1-13-21(25(39)36-8-10-41-11-9-36)42-24(30-13)15-4-3-5-16(20(15)40-2)31-17-12-18(32-22(37)14-6-7-14)34-35-19(17)23(38)33-26(27,28)29/h3-5,12,14H,6-11H2,1-2H3,(H,33,38)(H2,31,32,34,37). The third-order valence-electron chi connectivity index (χ3n) is 6.55. The van der Waals surface area contributed by atoms with Crippen LogP contribution < -0.4 is 20.7 Å². The number of amides is 3. The van der Waals surface area contributed by atoms with E-state index < -0.39 is 11.1 Å². The summed E-state index contributed by atoms with van der Waals surface area (Å²) in [7, 11) is 18.2. The quantitative estimate of drug-likeness (QED) is 0.319. The summed E-state index contributed by atoms with van der Waals surface area (Å²) in [4.78, 5) is 45.4. The minimum atomic E-state index is -2.01. The average Bonchev–Trinajstić information content (AvgIpc) is 3.74. The number of aryl methyl sites for hydroxylation is 1. The van der Waals surface area contributed by atoms with Crippen LogP contribution in [0.5, 0.6) is 5.75 Å². The molecule has 2 fully saturated rings. The molecule has 1 aliphatic carbocycles. The van der Waals surface area contributed by atoms with Gasteiger partial charge in [0.1, 0.15) is 9.88 Å². The smallest absolute Gasteiger partial charge is 0.272 e. The van der Waals surface area contributed by atoms with Crippen molar-refractivity contribution in [2.75, 3.05) is 44.0 Å². The Morgan fingerprint density at radius 1 is 1.12 bits per heavy atom. The molecule has 42 heavy (non-hydrogen) atoms. The lowest BCUT2D eigenvalue weighted by molar-refractivity contribution is -0.117.